The predicted molar refractivity (Wildman–Crippen MR) is 67.8 cm³/mol. The van der Waals surface area contributed by atoms with Gasteiger partial charge in [-0.1, -0.05) is 6.07 Å². The van der Waals surface area contributed by atoms with Gasteiger partial charge in [0.15, 0.2) is 0 Å². The van der Waals surface area contributed by atoms with E-state index >= 15 is 0 Å². The van der Waals surface area contributed by atoms with Crippen LogP contribution in [0.1, 0.15) is 24.5 Å². The van der Waals surface area contributed by atoms with Crippen LogP contribution in [0.2, 0.25) is 0 Å². The van der Waals surface area contributed by atoms with Gasteiger partial charge in [-0.2, -0.15) is 0 Å². The van der Waals surface area contributed by atoms with Gasteiger partial charge in [0.2, 0.25) is 0 Å². The Hall–Kier alpha value is -1.04. The average molecular weight is 271 g/mol. The summed E-state index contributed by atoms with van der Waals surface area (Å²) in [6, 6.07) is 3.23. The fourth-order valence-corrected chi connectivity index (χ4v) is 2.38. The maximum atomic E-state index is 13.5. The first-order valence-corrected chi connectivity index (χ1v) is 6.49. The van der Waals surface area contributed by atoms with Crippen molar-refractivity contribution in [3.63, 3.8) is 0 Å². The number of hydrogen-bond acceptors (Lipinski definition) is 3. The molecular weight excluding hydrogens is 252 g/mol. The minimum absolute atomic E-state index is 0.126. The molecule has 1 fully saturated rings. The van der Waals surface area contributed by atoms with Crippen molar-refractivity contribution in [1.29, 1.82) is 0 Å². The van der Waals surface area contributed by atoms with Crippen LogP contribution in [-0.4, -0.2) is 42.9 Å². The smallest absolute Gasteiger partial charge is 0.131 e. The third kappa shape index (κ3) is 3.96. The van der Waals surface area contributed by atoms with E-state index < -0.39 is 17.7 Å². The minimum Gasteiger partial charge on any atom is -0.387 e. The normalized spacial score (nSPS) is 21.0. The van der Waals surface area contributed by atoms with Gasteiger partial charge in [0.05, 0.1) is 12.2 Å². The van der Waals surface area contributed by atoms with Crippen LogP contribution >= 0.6 is 0 Å². The first kappa shape index (κ1) is 14.4. The summed E-state index contributed by atoms with van der Waals surface area (Å²) in [6.07, 6.45) is 1.31. The first-order chi connectivity index (χ1) is 9.06. The monoisotopic (exact) mass is 271 g/mol. The van der Waals surface area contributed by atoms with Gasteiger partial charge in [-0.05, 0) is 26.0 Å². The van der Waals surface area contributed by atoms with Crippen molar-refractivity contribution in [2.45, 2.75) is 25.0 Å². The number of likely N-dealkylation sites (N-methyl/N-ethyl adjacent to an activating group) is 1. The van der Waals surface area contributed by atoms with Crippen LogP contribution in [0.5, 0.6) is 0 Å². The van der Waals surface area contributed by atoms with Crippen LogP contribution in [-0.2, 0) is 4.74 Å². The Kier molecular flexibility index (Phi) is 4.85. The van der Waals surface area contributed by atoms with Gasteiger partial charge in [-0.15, -0.1) is 0 Å². The lowest BCUT2D eigenvalue weighted by Crippen LogP contribution is -2.32. The molecule has 1 aliphatic heterocycles. The van der Waals surface area contributed by atoms with Gasteiger partial charge in [-0.25, -0.2) is 8.78 Å². The van der Waals surface area contributed by atoms with Crippen molar-refractivity contribution in [2.24, 2.45) is 0 Å². The summed E-state index contributed by atoms with van der Waals surface area (Å²) in [7, 11) is 1.85. The molecule has 2 atom stereocenters. The van der Waals surface area contributed by atoms with E-state index in [0.717, 1.165) is 31.6 Å². The van der Waals surface area contributed by atoms with Gasteiger partial charge in [0.1, 0.15) is 11.6 Å². The minimum atomic E-state index is -0.966. The van der Waals surface area contributed by atoms with Gasteiger partial charge >= 0.3 is 0 Å². The highest BCUT2D eigenvalue weighted by Crippen LogP contribution is 2.20. The quantitative estimate of drug-likeness (QED) is 0.890. The summed E-state index contributed by atoms with van der Waals surface area (Å²) in [4.78, 5) is 1.91. The molecule has 0 radical (unpaired) electrons. The molecule has 3 nitrogen and oxygen atoms in total. The molecule has 2 unspecified atom stereocenters. The van der Waals surface area contributed by atoms with E-state index in [9.17, 15) is 13.9 Å². The maximum Gasteiger partial charge on any atom is 0.131 e. The van der Waals surface area contributed by atoms with Crippen molar-refractivity contribution in [3.8, 4) is 0 Å². The standard InChI is InChI=1S/C14H19F2NO2/c1-17(8-11-3-2-6-19-11)9-14(18)12-5-4-10(15)7-13(12)16/h4-5,7,11,14,18H,2-3,6,8-9H2,1H3. The number of aliphatic hydroxyl groups excluding tert-OH is 1. The second kappa shape index (κ2) is 6.41. The molecule has 1 N–H and O–H groups in total. The fourth-order valence-electron chi connectivity index (χ4n) is 2.38. The Morgan fingerprint density at radius 1 is 1.47 bits per heavy atom. The van der Waals surface area contributed by atoms with E-state index in [1.807, 2.05) is 11.9 Å². The molecule has 0 bridgehead atoms. The Balaban J connectivity index is 1.90. The third-order valence-corrected chi connectivity index (χ3v) is 3.35. The second-order valence-electron chi connectivity index (χ2n) is 5.04. The van der Waals surface area contributed by atoms with Crippen molar-refractivity contribution in [1.82, 2.24) is 4.90 Å². The Bertz CT molecular complexity index is 422. The van der Waals surface area contributed by atoms with Crippen LogP contribution in [0.25, 0.3) is 0 Å². The lowest BCUT2D eigenvalue weighted by Gasteiger charge is -2.23. The Labute approximate surface area is 111 Å². The van der Waals surface area contributed by atoms with E-state index in [2.05, 4.69) is 0 Å². The molecule has 0 saturated carbocycles. The molecule has 1 aromatic rings. The number of benzene rings is 1. The molecule has 106 valence electrons. The lowest BCUT2D eigenvalue weighted by molar-refractivity contribution is 0.0594. The Morgan fingerprint density at radius 3 is 2.89 bits per heavy atom. The molecule has 0 aromatic heterocycles. The SMILES string of the molecule is CN(CC1CCCO1)CC(O)c1ccc(F)cc1F. The zero-order valence-corrected chi connectivity index (χ0v) is 11.0. The average Bonchev–Trinajstić information content (AvgIpc) is 2.81. The van der Waals surface area contributed by atoms with Crippen LogP contribution in [0.3, 0.4) is 0 Å². The van der Waals surface area contributed by atoms with Gasteiger partial charge in [0.25, 0.3) is 0 Å². The van der Waals surface area contributed by atoms with Crippen molar-refractivity contribution >= 4 is 0 Å². The molecule has 5 heteroatoms. The first-order valence-electron chi connectivity index (χ1n) is 6.49. The van der Waals surface area contributed by atoms with Crippen molar-refractivity contribution < 1.29 is 18.6 Å². The zero-order chi connectivity index (χ0) is 13.8. The topological polar surface area (TPSA) is 32.7 Å². The number of ether oxygens (including phenoxy) is 1. The van der Waals surface area contributed by atoms with Crippen LogP contribution < -0.4 is 0 Å². The molecule has 0 amide bonds. The summed E-state index contributed by atoms with van der Waals surface area (Å²) in [6.45, 7) is 1.79. The second-order valence-corrected chi connectivity index (χ2v) is 5.04. The molecular formula is C14H19F2NO2. The zero-order valence-electron chi connectivity index (χ0n) is 11.0. The number of hydrogen-bond donors (Lipinski definition) is 1. The Morgan fingerprint density at radius 2 is 2.26 bits per heavy atom. The highest BCUT2D eigenvalue weighted by Gasteiger charge is 2.20. The van der Waals surface area contributed by atoms with Gasteiger partial charge in [0, 0.05) is 31.3 Å². The maximum absolute atomic E-state index is 13.5. The number of halogens is 2. The molecule has 1 heterocycles. The summed E-state index contributed by atoms with van der Waals surface area (Å²) >= 11 is 0. The number of nitrogens with zero attached hydrogens (tertiary/aromatic N) is 1. The van der Waals surface area contributed by atoms with Crippen molar-refractivity contribution in [2.75, 3.05) is 26.7 Å². The fraction of sp³-hybridized carbons (Fsp3) is 0.571. The molecule has 19 heavy (non-hydrogen) atoms. The largest absolute Gasteiger partial charge is 0.387 e. The van der Waals surface area contributed by atoms with E-state index in [1.54, 1.807) is 0 Å². The molecule has 1 aliphatic rings. The summed E-state index contributed by atoms with van der Waals surface area (Å²) < 4.78 is 31.8. The molecule has 0 aliphatic carbocycles. The number of rotatable bonds is 5. The summed E-state index contributed by atoms with van der Waals surface area (Å²) in [5.74, 6) is -1.35. The lowest BCUT2D eigenvalue weighted by atomic mass is 10.1. The molecule has 0 spiro atoms. The number of aliphatic hydroxyl groups is 1. The van der Waals surface area contributed by atoms with Gasteiger partial charge in [-0.3, -0.25) is 0 Å². The highest BCUT2D eigenvalue weighted by molar-refractivity contribution is 5.21. The molecule has 1 aromatic carbocycles. The van der Waals surface area contributed by atoms with E-state index in [0.29, 0.717) is 13.1 Å². The summed E-state index contributed by atoms with van der Waals surface area (Å²) in [5.41, 5.74) is 0.126. The van der Waals surface area contributed by atoms with E-state index in [4.69, 9.17) is 4.74 Å². The van der Waals surface area contributed by atoms with Gasteiger partial charge < -0.3 is 14.7 Å². The van der Waals surface area contributed by atoms with Crippen LogP contribution in [0.15, 0.2) is 18.2 Å². The third-order valence-electron chi connectivity index (χ3n) is 3.35. The molecule has 2 rings (SSSR count). The highest BCUT2D eigenvalue weighted by atomic mass is 19.1. The molecule has 1 saturated heterocycles. The summed E-state index contributed by atoms with van der Waals surface area (Å²) in [5, 5.41) is 9.99. The van der Waals surface area contributed by atoms with E-state index in [-0.39, 0.29) is 11.7 Å². The van der Waals surface area contributed by atoms with E-state index in [1.165, 1.54) is 6.07 Å². The van der Waals surface area contributed by atoms with Crippen LogP contribution in [0, 0.1) is 11.6 Å². The van der Waals surface area contributed by atoms with Crippen LogP contribution in [0.4, 0.5) is 8.78 Å². The predicted octanol–water partition coefficient (Wildman–Crippen LogP) is 2.11. The van der Waals surface area contributed by atoms with Crippen molar-refractivity contribution in [3.05, 3.63) is 35.4 Å².